The Balaban J connectivity index is 1.95. The van der Waals surface area contributed by atoms with Gasteiger partial charge in [0.1, 0.15) is 0 Å². The van der Waals surface area contributed by atoms with Crippen molar-refractivity contribution >= 4 is 5.91 Å². The second-order valence-corrected chi connectivity index (χ2v) is 4.36. The third-order valence-electron chi connectivity index (χ3n) is 3.09. The summed E-state index contributed by atoms with van der Waals surface area (Å²) in [5.41, 5.74) is 0.473. The van der Waals surface area contributed by atoms with Crippen molar-refractivity contribution in [2.75, 3.05) is 33.2 Å². The number of carbonyl (C=O) groups excluding carboxylic acids is 1. The molecule has 12 heavy (non-hydrogen) atoms. The van der Waals surface area contributed by atoms with E-state index in [1.54, 1.807) is 6.92 Å². The summed E-state index contributed by atoms with van der Waals surface area (Å²) in [6.45, 7) is 5.99. The van der Waals surface area contributed by atoms with Crippen molar-refractivity contribution < 1.29 is 4.79 Å². The zero-order chi connectivity index (χ0) is 8.77. The summed E-state index contributed by atoms with van der Waals surface area (Å²) in [4.78, 5) is 15.4. The SMILES string of the molecule is CC(=O)N1CCC2(CN(C)C2)C1. The lowest BCUT2D eigenvalue weighted by Crippen LogP contribution is -2.55. The van der Waals surface area contributed by atoms with Crippen LogP contribution < -0.4 is 0 Å². The molecule has 2 heterocycles. The molecule has 0 bridgehead atoms. The van der Waals surface area contributed by atoms with Crippen molar-refractivity contribution in [2.24, 2.45) is 5.41 Å². The highest BCUT2D eigenvalue weighted by Gasteiger charge is 2.46. The number of hydrogen-bond acceptors (Lipinski definition) is 2. The monoisotopic (exact) mass is 168 g/mol. The molecule has 3 heteroatoms. The fourth-order valence-corrected chi connectivity index (χ4v) is 2.56. The smallest absolute Gasteiger partial charge is 0.219 e. The molecule has 3 nitrogen and oxygen atoms in total. The molecule has 0 saturated carbocycles. The molecule has 2 rings (SSSR count). The van der Waals surface area contributed by atoms with Crippen LogP contribution in [0.25, 0.3) is 0 Å². The standard InChI is InChI=1S/C9H16N2O/c1-8(12)11-4-3-9(7-11)5-10(2)6-9/h3-7H2,1-2H3. The van der Waals surface area contributed by atoms with Crippen molar-refractivity contribution in [3.05, 3.63) is 0 Å². The summed E-state index contributed by atoms with van der Waals surface area (Å²) in [6, 6.07) is 0. The second-order valence-electron chi connectivity index (χ2n) is 4.36. The summed E-state index contributed by atoms with van der Waals surface area (Å²) < 4.78 is 0. The van der Waals surface area contributed by atoms with Crippen LogP contribution in [0.3, 0.4) is 0 Å². The van der Waals surface area contributed by atoms with Gasteiger partial charge in [-0.2, -0.15) is 0 Å². The third kappa shape index (κ3) is 1.12. The Morgan fingerprint density at radius 3 is 2.42 bits per heavy atom. The molecule has 1 spiro atoms. The topological polar surface area (TPSA) is 23.6 Å². The highest BCUT2D eigenvalue weighted by molar-refractivity contribution is 5.73. The molecule has 0 radical (unpaired) electrons. The van der Waals surface area contributed by atoms with Crippen LogP contribution in [-0.2, 0) is 4.79 Å². The lowest BCUT2D eigenvalue weighted by atomic mass is 9.79. The van der Waals surface area contributed by atoms with Crippen molar-refractivity contribution in [3.63, 3.8) is 0 Å². The molecule has 0 aromatic carbocycles. The van der Waals surface area contributed by atoms with Gasteiger partial charge in [-0.3, -0.25) is 4.79 Å². The first-order valence-corrected chi connectivity index (χ1v) is 4.55. The summed E-state index contributed by atoms with van der Waals surface area (Å²) in [7, 11) is 2.14. The Bertz CT molecular complexity index is 209. The molecule has 2 saturated heterocycles. The van der Waals surface area contributed by atoms with E-state index in [0.717, 1.165) is 13.1 Å². The predicted octanol–water partition coefficient (Wildman–Crippen LogP) is 0.170. The number of nitrogens with zero attached hydrogens (tertiary/aromatic N) is 2. The first-order chi connectivity index (χ1) is 5.61. The Morgan fingerprint density at radius 1 is 1.33 bits per heavy atom. The first-order valence-electron chi connectivity index (χ1n) is 4.55. The molecule has 0 atom stereocenters. The normalized spacial score (nSPS) is 27.7. The Hall–Kier alpha value is -0.570. The largest absolute Gasteiger partial charge is 0.342 e. The number of amides is 1. The number of carbonyl (C=O) groups is 1. The van der Waals surface area contributed by atoms with Gasteiger partial charge >= 0.3 is 0 Å². The minimum absolute atomic E-state index is 0.237. The van der Waals surface area contributed by atoms with Crippen LogP contribution in [0.15, 0.2) is 0 Å². The average molecular weight is 168 g/mol. The fourth-order valence-electron chi connectivity index (χ4n) is 2.56. The molecule has 0 aromatic heterocycles. The van der Waals surface area contributed by atoms with E-state index in [2.05, 4.69) is 11.9 Å². The van der Waals surface area contributed by atoms with Gasteiger partial charge in [-0.25, -0.2) is 0 Å². The maximum absolute atomic E-state index is 11.1. The maximum Gasteiger partial charge on any atom is 0.219 e. The van der Waals surface area contributed by atoms with E-state index in [-0.39, 0.29) is 5.91 Å². The lowest BCUT2D eigenvalue weighted by Gasteiger charge is -2.46. The van der Waals surface area contributed by atoms with E-state index >= 15 is 0 Å². The van der Waals surface area contributed by atoms with Crippen molar-refractivity contribution in [1.29, 1.82) is 0 Å². The van der Waals surface area contributed by atoms with Gasteiger partial charge in [-0.15, -0.1) is 0 Å². The molecule has 1 amide bonds. The maximum atomic E-state index is 11.1. The lowest BCUT2D eigenvalue weighted by molar-refractivity contribution is -0.128. The van der Waals surface area contributed by atoms with Crippen molar-refractivity contribution in [1.82, 2.24) is 9.80 Å². The zero-order valence-corrected chi connectivity index (χ0v) is 7.84. The number of hydrogen-bond donors (Lipinski definition) is 0. The Kier molecular flexibility index (Phi) is 1.65. The van der Waals surface area contributed by atoms with Gasteiger partial charge in [0.05, 0.1) is 0 Å². The van der Waals surface area contributed by atoms with Gasteiger partial charge in [-0.05, 0) is 13.5 Å². The molecule has 0 N–H and O–H groups in total. The molecule has 0 aliphatic carbocycles. The van der Waals surface area contributed by atoms with Gasteiger partial charge in [0, 0.05) is 38.5 Å². The molecule has 0 aromatic rings. The fraction of sp³-hybridized carbons (Fsp3) is 0.889. The molecular weight excluding hydrogens is 152 g/mol. The van der Waals surface area contributed by atoms with Crippen LogP contribution in [0.4, 0.5) is 0 Å². The second kappa shape index (κ2) is 2.46. The Morgan fingerprint density at radius 2 is 2.00 bits per heavy atom. The van der Waals surface area contributed by atoms with E-state index in [1.165, 1.54) is 19.5 Å². The molecule has 0 unspecified atom stereocenters. The quantitative estimate of drug-likeness (QED) is 0.515. The van der Waals surface area contributed by atoms with E-state index in [1.807, 2.05) is 4.90 Å². The average Bonchev–Trinajstić information content (AvgIpc) is 2.31. The van der Waals surface area contributed by atoms with Crippen LogP contribution in [0, 0.1) is 5.41 Å². The molecular formula is C9H16N2O. The highest BCUT2D eigenvalue weighted by atomic mass is 16.2. The molecule has 2 aliphatic heterocycles. The molecule has 2 aliphatic rings. The van der Waals surface area contributed by atoms with E-state index in [9.17, 15) is 4.79 Å². The van der Waals surface area contributed by atoms with Gasteiger partial charge in [0.25, 0.3) is 0 Å². The first kappa shape index (κ1) is 8.05. The van der Waals surface area contributed by atoms with Gasteiger partial charge in [0.2, 0.25) is 5.91 Å². The predicted molar refractivity (Wildman–Crippen MR) is 46.8 cm³/mol. The van der Waals surface area contributed by atoms with Crippen molar-refractivity contribution in [2.45, 2.75) is 13.3 Å². The number of rotatable bonds is 0. The van der Waals surface area contributed by atoms with Crippen LogP contribution >= 0.6 is 0 Å². The zero-order valence-electron chi connectivity index (χ0n) is 7.84. The van der Waals surface area contributed by atoms with E-state index < -0.39 is 0 Å². The van der Waals surface area contributed by atoms with E-state index in [0.29, 0.717) is 5.41 Å². The van der Waals surface area contributed by atoms with Gasteiger partial charge in [-0.1, -0.05) is 0 Å². The van der Waals surface area contributed by atoms with Crippen LogP contribution in [0.5, 0.6) is 0 Å². The van der Waals surface area contributed by atoms with Crippen LogP contribution in [0.1, 0.15) is 13.3 Å². The minimum Gasteiger partial charge on any atom is -0.342 e. The van der Waals surface area contributed by atoms with Crippen molar-refractivity contribution in [3.8, 4) is 0 Å². The summed E-state index contributed by atoms with van der Waals surface area (Å²) in [5, 5.41) is 0. The minimum atomic E-state index is 0.237. The summed E-state index contributed by atoms with van der Waals surface area (Å²) in [5.74, 6) is 0.237. The van der Waals surface area contributed by atoms with Gasteiger partial charge in [0.15, 0.2) is 0 Å². The van der Waals surface area contributed by atoms with E-state index in [4.69, 9.17) is 0 Å². The highest BCUT2D eigenvalue weighted by Crippen LogP contribution is 2.38. The molecule has 2 fully saturated rings. The third-order valence-corrected chi connectivity index (χ3v) is 3.09. The van der Waals surface area contributed by atoms with Crippen LogP contribution in [0.2, 0.25) is 0 Å². The Labute approximate surface area is 73.3 Å². The summed E-state index contributed by atoms with van der Waals surface area (Å²) >= 11 is 0. The number of likely N-dealkylation sites (tertiary alicyclic amines) is 2. The van der Waals surface area contributed by atoms with Gasteiger partial charge < -0.3 is 9.80 Å². The summed E-state index contributed by atoms with van der Waals surface area (Å²) in [6.07, 6.45) is 1.21. The molecule has 68 valence electrons. The van der Waals surface area contributed by atoms with Crippen LogP contribution in [-0.4, -0.2) is 48.9 Å².